The highest BCUT2D eigenvalue weighted by molar-refractivity contribution is 5.19. The normalized spacial score (nSPS) is 30.5. The number of benzene rings is 1. The third kappa shape index (κ3) is 3.32. The highest BCUT2D eigenvalue weighted by atomic mass is 16.5. The van der Waals surface area contributed by atoms with Crippen molar-refractivity contribution in [2.45, 2.75) is 51.2 Å². The van der Waals surface area contributed by atoms with Gasteiger partial charge in [0.05, 0.1) is 6.10 Å². The van der Waals surface area contributed by atoms with Crippen LogP contribution in [0.15, 0.2) is 30.3 Å². The van der Waals surface area contributed by atoms with Gasteiger partial charge in [0.2, 0.25) is 0 Å². The van der Waals surface area contributed by atoms with E-state index in [1.165, 1.54) is 37.7 Å². The second kappa shape index (κ2) is 6.93. The molecule has 2 nitrogen and oxygen atoms in total. The molecular formula is C19H29NO. The molecule has 1 aromatic rings. The van der Waals surface area contributed by atoms with Crippen molar-refractivity contribution in [2.24, 2.45) is 17.8 Å². The van der Waals surface area contributed by atoms with Gasteiger partial charge in [-0.05, 0) is 55.5 Å². The number of likely N-dealkylation sites (N-methyl/N-ethyl adjacent to an activating group) is 1. The predicted molar refractivity (Wildman–Crippen MR) is 87.2 cm³/mol. The van der Waals surface area contributed by atoms with E-state index in [9.17, 15) is 0 Å². The number of hydrogen-bond acceptors (Lipinski definition) is 2. The second-order valence-electron chi connectivity index (χ2n) is 6.90. The van der Waals surface area contributed by atoms with Crippen molar-refractivity contribution in [3.63, 3.8) is 0 Å². The Bertz CT molecular complexity index is 432. The molecule has 0 saturated heterocycles. The summed E-state index contributed by atoms with van der Waals surface area (Å²) in [5, 5.41) is 3.69. The molecule has 1 N–H and O–H groups in total. The summed E-state index contributed by atoms with van der Waals surface area (Å²) >= 11 is 0. The Morgan fingerprint density at radius 1 is 1.19 bits per heavy atom. The molecule has 116 valence electrons. The molecule has 0 aromatic heterocycles. The van der Waals surface area contributed by atoms with Crippen LogP contribution in [0.1, 0.15) is 50.7 Å². The Hall–Kier alpha value is -0.860. The Kier molecular flexibility index (Phi) is 4.97. The molecule has 0 amide bonds. The first-order valence-electron chi connectivity index (χ1n) is 8.63. The molecule has 1 aromatic carbocycles. The van der Waals surface area contributed by atoms with Gasteiger partial charge in [-0.15, -0.1) is 0 Å². The van der Waals surface area contributed by atoms with Gasteiger partial charge in [-0.1, -0.05) is 43.7 Å². The van der Waals surface area contributed by atoms with Gasteiger partial charge < -0.3 is 10.1 Å². The van der Waals surface area contributed by atoms with Crippen molar-refractivity contribution >= 4 is 0 Å². The Morgan fingerprint density at radius 2 is 2.00 bits per heavy atom. The Morgan fingerprint density at radius 3 is 2.57 bits per heavy atom. The van der Waals surface area contributed by atoms with Gasteiger partial charge in [0, 0.05) is 13.2 Å². The fraction of sp³-hybridized carbons (Fsp3) is 0.684. The van der Waals surface area contributed by atoms with Crippen LogP contribution >= 0.6 is 0 Å². The van der Waals surface area contributed by atoms with Crippen LogP contribution in [-0.2, 0) is 4.74 Å². The van der Waals surface area contributed by atoms with Crippen LogP contribution in [0.25, 0.3) is 0 Å². The summed E-state index contributed by atoms with van der Waals surface area (Å²) in [7, 11) is 1.85. The molecule has 0 aliphatic heterocycles. The number of hydrogen-bond donors (Lipinski definition) is 1. The van der Waals surface area contributed by atoms with Gasteiger partial charge in [0.15, 0.2) is 0 Å². The average Bonchev–Trinajstić information content (AvgIpc) is 3.12. The summed E-state index contributed by atoms with van der Waals surface area (Å²) in [6.07, 6.45) is 7.34. The second-order valence-corrected chi connectivity index (χ2v) is 6.90. The zero-order valence-electron chi connectivity index (χ0n) is 13.4. The zero-order valence-corrected chi connectivity index (χ0v) is 13.4. The van der Waals surface area contributed by atoms with E-state index in [4.69, 9.17) is 4.74 Å². The number of ether oxygens (including phenoxy) is 1. The first kappa shape index (κ1) is 15.1. The average molecular weight is 287 g/mol. The van der Waals surface area contributed by atoms with Crippen LogP contribution in [0.4, 0.5) is 0 Å². The van der Waals surface area contributed by atoms with E-state index in [1.807, 2.05) is 7.11 Å². The Balaban J connectivity index is 1.70. The lowest BCUT2D eigenvalue weighted by atomic mass is 9.82. The maximum absolute atomic E-state index is 5.88. The highest BCUT2D eigenvalue weighted by Crippen LogP contribution is 2.50. The van der Waals surface area contributed by atoms with Gasteiger partial charge >= 0.3 is 0 Å². The van der Waals surface area contributed by atoms with E-state index in [2.05, 4.69) is 42.6 Å². The van der Waals surface area contributed by atoms with Gasteiger partial charge in [0.25, 0.3) is 0 Å². The first-order chi connectivity index (χ1) is 10.3. The van der Waals surface area contributed by atoms with Crippen LogP contribution in [0.3, 0.4) is 0 Å². The van der Waals surface area contributed by atoms with Gasteiger partial charge in [0.1, 0.15) is 0 Å². The van der Waals surface area contributed by atoms with E-state index in [-0.39, 0.29) is 6.10 Å². The van der Waals surface area contributed by atoms with Gasteiger partial charge in [-0.25, -0.2) is 0 Å². The third-order valence-electron chi connectivity index (χ3n) is 5.66. The zero-order chi connectivity index (χ0) is 14.7. The van der Waals surface area contributed by atoms with E-state index < -0.39 is 0 Å². The number of methoxy groups -OCH3 is 1. The SMILES string of the molecule is CCNC(CC1CC2CCC1C2)C(OC)c1ccccc1. The van der Waals surface area contributed by atoms with Crippen molar-refractivity contribution in [3.05, 3.63) is 35.9 Å². The summed E-state index contributed by atoms with van der Waals surface area (Å²) in [5.74, 6) is 2.93. The summed E-state index contributed by atoms with van der Waals surface area (Å²) in [6, 6.07) is 11.1. The standard InChI is InChI=1S/C19H29NO/c1-3-20-18(13-17-12-14-9-10-16(17)11-14)19(21-2)15-7-5-4-6-8-15/h4-8,14,16-20H,3,9-13H2,1-2H3. The van der Waals surface area contributed by atoms with Crippen LogP contribution in [-0.4, -0.2) is 19.7 Å². The molecule has 5 unspecified atom stereocenters. The van der Waals surface area contributed by atoms with Crippen molar-refractivity contribution in [1.82, 2.24) is 5.32 Å². The minimum absolute atomic E-state index is 0.172. The number of nitrogens with one attached hydrogen (secondary N) is 1. The largest absolute Gasteiger partial charge is 0.375 e. The number of rotatable bonds is 7. The van der Waals surface area contributed by atoms with Crippen LogP contribution in [0.5, 0.6) is 0 Å². The van der Waals surface area contributed by atoms with Crippen molar-refractivity contribution < 1.29 is 4.74 Å². The summed E-state index contributed by atoms with van der Waals surface area (Å²) in [5.41, 5.74) is 1.30. The third-order valence-corrected chi connectivity index (χ3v) is 5.66. The molecule has 0 spiro atoms. The molecule has 2 heteroatoms. The summed E-state index contributed by atoms with van der Waals surface area (Å²) in [4.78, 5) is 0. The van der Waals surface area contributed by atoms with Crippen LogP contribution in [0.2, 0.25) is 0 Å². The summed E-state index contributed by atoms with van der Waals surface area (Å²) in [6.45, 7) is 3.21. The molecule has 2 aliphatic rings. The van der Waals surface area contributed by atoms with Crippen LogP contribution in [0, 0.1) is 17.8 Å². The molecule has 2 fully saturated rings. The molecule has 2 aliphatic carbocycles. The molecule has 0 radical (unpaired) electrons. The predicted octanol–water partition coefficient (Wildman–Crippen LogP) is 4.18. The van der Waals surface area contributed by atoms with Crippen molar-refractivity contribution in [1.29, 1.82) is 0 Å². The van der Waals surface area contributed by atoms with Crippen LogP contribution < -0.4 is 5.32 Å². The van der Waals surface area contributed by atoms with E-state index in [1.54, 1.807) is 0 Å². The summed E-state index contributed by atoms with van der Waals surface area (Å²) < 4.78 is 5.88. The van der Waals surface area contributed by atoms with Gasteiger partial charge in [-0.3, -0.25) is 0 Å². The van der Waals surface area contributed by atoms with E-state index in [0.717, 1.165) is 24.3 Å². The topological polar surface area (TPSA) is 21.3 Å². The van der Waals surface area contributed by atoms with Crippen molar-refractivity contribution in [2.75, 3.05) is 13.7 Å². The van der Waals surface area contributed by atoms with Gasteiger partial charge in [-0.2, -0.15) is 0 Å². The lowest BCUT2D eigenvalue weighted by molar-refractivity contribution is 0.0554. The molecule has 3 rings (SSSR count). The molecule has 2 saturated carbocycles. The number of fused-ring (bicyclic) bond motifs is 2. The molecule has 5 atom stereocenters. The highest BCUT2D eigenvalue weighted by Gasteiger charge is 2.41. The lowest BCUT2D eigenvalue weighted by Gasteiger charge is -2.32. The minimum Gasteiger partial charge on any atom is -0.375 e. The first-order valence-corrected chi connectivity index (χ1v) is 8.63. The smallest absolute Gasteiger partial charge is 0.0974 e. The molecular weight excluding hydrogens is 258 g/mol. The maximum atomic E-state index is 5.88. The minimum atomic E-state index is 0.172. The van der Waals surface area contributed by atoms with Crippen molar-refractivity contribution in [3.8, 4) is 0 Å². The maximum Gasteiger partial charge on any atom is 0.0974 e. The fourth-order valence-corrected chi connectivity index (χ4v) is 4.74. The Labute approximate surface area is 129 Å². The molecule has 21 heavy (non-hydrogen) atoms. The van der Waals surface area contributed by atoms with E-state index in [0.29, 0.717) is 6.04 Å². The molecule has 0 heterocycles. The molecule has 2 bridgehead atoms. The van der Waals surface area contributed by atoms with E-state index >= 15 is 0 Å². The quantitative estimate of drug-likeness (QED) is 0.812. The lowest BCUT2D eigenvalue weighted by Crippen LogP contribution is -2.38. The monoisotopic (exact) mass is 287 g/mol. The fourth-order valence-electron chi connectivity index (χ4n) is 4.74.